The SMILES string of the molecule is CC(C)[C@H](N)C(=O)NCC(=O)NC1CCc2cc(F)ccc21.Cl. The number of nitrogens with two attached hydrogens (primary N) is 1. The second-order valence-electron chi connectivity index (χ2n) is 5.99. The van der Waals surface area contributed by atoms with E-state index in [4.69, 9.17) is 5.73 Å². The Hall–Kier alpha value is -1.66. The van der Waals surface area contributed by atoms with Gasteiger partial charge in [-0.2, -0.15) is 0 Å². The molecule has 1 aliphatic carbocycles. The molecule has 0 heterocycles. The maximum absolute atomic E-state index is 13.2. The smallest absolute Gasteiger partial charge is 0.239 e. The van der Waals surface area contributed by atoms with Gasteiger partial charge in [0, 0.05) is 0 Å². The normalized spacial score (nSPS) is 17.2. The van der Waals surface area contributed by atoms with E-state index in [1.54, 1.807) is 6.07 Å². The van der Waals surface area contributed by atoms with Crippen molar-refractivity contribution in [1.82, 2.24) is 10.6 Å². The van der Waals surface area contributed by atoms with Crippen molar-refractivity contribution in [1.29, 1.82) is 0 Å². The van der Waals surface area contributed by atoms with E-state index in [0.717, 1.165) is 24.0 Å². The Bertz CT molecular complexity index is 580. The molecule has 1 aromatic rings. The summed E-state index contributed by atoms with van der Waals surface area (Å²) in [6, 6.07) is 3.86. The Kier molecular flexibility index (Phi) is 6.97. The first-order chi connectivity index (χ1) is 10.4. The lowest BCUT2D eigenvalue weighted by atomic mass is 10.1. The molecule has 0 bridgehead atoms. The van der Waals surface area contributed by atoms with Crippen LogP contribution in [0.4, 0.5) is 4.39 Å². The van der Waals surface area contributed by atoms with Crippen LogP contribution in [0, 0.1) is 11.7 Å². The molecule has 0 fully saturated rings. The van der Waals surface area contributed by atoms with Gasteiger partial charge in [0.2, 0.25) is 11.8 Å². The van der Waals surface area contributed by atoms with Gasteiger partial charge in [0.15, 0.2) is 0 Å². The van der Waals surface area contributed by atoms with Crippen LogP contribution in [0.5, 0.6) is 0 Å². The van der Waals surface area contributed by atoms with Crippen molar-refractivity contribution >= 4 is 24.2 Å². The van der Waals surface area contributed by atoms with Gasteiger partial charge in [0.1, 0.15) is 5.82 Å². The monoisotopic (exact) mass is 343 g/mol. The fourth-order valence-electron chi connectivity index (χ4n) is 2.57. The van der Waals surface area contributed by atoms with Gasteiger partial charge in [0.05, 0.1) is 18.6 Å². The largest absolute Gasteiger partial charge is 0.348 e. The Labute approximate surface area is 141 Å². The van der Waals surface area contributed by atoms with E-state index in [-0.39, 0.29) is 48.5 Å². The Morgan fingerprint density at radius 1 is 1.39 bits per heavy atom. The van der Waals surface area contributed by atoms with Crippen molar-refractivity contribution in [2.45, 2.75) is 38.8 Å². The predicted molar refractivity (Wildman–Crippen MR) is 88.7 cm³/mol. The Balaban J connectivity index is 0.00000264. The summed E-state index contributed by atoms with van der Waals surface area (Å²) >= 11 is 0. The van der Waals surface area contributed by atoms with Gasteiger partial charge in [-0.05, 0) is 42.0 Å². The summed E-state index contributed by atoms with van der Waals surface area (Å²) in [6.45, 7) is 3.59. The maximum Gasteiger partial charge on any atom is 0.239 e. The van der Waals surface area contributed by atoms with E-state index in [0.29, 0.717) is 0 Å². The van der Waals surface area contributed by atoms with Gasteiger partial charge in [-0.1, -0.05) is 19.9 Å². The van der Waals surface area contributed by atoms with Crippen molar-refractivity contribution in [3.8, 4) is 0 Å². The second kappa shape index (κ2) is 8.26. The first-order valence-corrected chi connectivity index (χ1v) is 7.49. The summed E-state index contributed by atoms with van der Waals surface area (Å²) in [4.78, 5) is 23.6. The number of hydrogen-bond donors (Lipinski definition) is 3. The van der Waals surface area contributed by atoms with Crippen LogP contribution in [0.2, 0.25) is 0 Å². The summed E-state index contributed by atoms with van der Waals surface area (Å²) in [5.74, 6) is -0.856. The lowest BCUT2D eigenvalue weighted by Gasteiger charge is -2.17. The van der Waals surface area contributed by atoms with E-state index in [1.807, 2.05) is 13.8 Å². The van der Waals surface area contributed by atoms with Gasteiger partial charge < -0.3 is 16.4 Å². The Morgan fingerprint density at radius 2 is 2.09 bits per heavy atom. The molecule has 4 N–H and O–H groups in total. The minimum atomic E-state index is -0.622. The van der Waals surface area contributed by atoms with Crippen LogP contribution in [-0.2, 0) is 16.0 Å². The van der Waals surface area contributed by atoms with Gasteiger partial charge >= 0.3 is 0 Å². The van der Waals surface area contributed by atoms with E-state index in [9.17, 15) is 14.0 Å². The van der Waals surface area contributed by atoms with Crippen molar-refractivity contribution in [2.24, 2.45) is 11.7 Å². The first-order valence-electron chi connectivity index (χ1n) is 7.49. The third kappa shape index (κ3) is 4.91. The summed E-state index contributed by atoms with van der Waals surface area (Å²) in [5.41, 5.74) is 7.58. The molecular weight excluding hydrogens is 321 g/mol. The van der Waals surface area contributed by atoms with Crippen molar-refractivity contribution in [3.63, 3.8) is 0 Å². The predicted octanol–water partition coefficient (Wildman–Crippen LogP) is 1.45. The van der Waals surface area contributed by atoms with Crippen LogP contribution in [0.25, 0.3) is 0 Å². The van der Waals surface area contributed by atoms with Crippen LogP contribution >= 0.6 is 12.4 Å². The molecule has 2 amide bonds. The van der Waals surface area contributed by atoms with Gasteiger partial charge in [-0.15, -0.1) is 12.4 Å². The molecule has 0 saturated carbocycles. The number of rotatable bonds is 5. The minimum Gasteiger partial charge on any atom is -0.348 e. The lowest BCUT2D eigenvalue weighted by Crippen LogP contribution is -2.47. The fourth-order valence-corrected chi connectivity index (χ4v) is 2.57. The molecule has 23 heavy (non-hydrogen) atoms. The fraction of sp³-hybridized carbons (Fsp3) is 0.500. The first kappa shape index (κ1) is 19.4. The van der Waals surface area contributed by atoms with Gasteiger partial charge in [0.25, 0.3) is 0 Å². The van der Waals surface area contributed by atoms with Crippen LogP contribution in [0.3, 0.4) is 0 Å². The van der Waals surface area contributed by atoms with E-state index in [1.165, 1.54) is 12.1 Å². The molecule has 128 valence electrons. The molecule has 2 atom stereocenters. The van der Waals surface area contributed by atoms with Gasteiger partial charge in [-0.25, -0.2) is 4.39 Å². The number of aryl methyl sites for hydroxylation is 1. The van der Waals surface area contributed by atoms with E-state index >= 15 is 0 Å². The Morgan fingerprint density at radius 3 is 2.74 bits per heavy atom. The van der Waals surface area contributed by atoms with Crippen molar-refractivity contribution < 1.29 is 14.0 Å². The van der Waals surface area contributed by atoms with Crippen LogP contribution in [0.15, 0.2) is 18.2 Å². The van der Waals surface area contributed by atoms with Crippen molar-refractivity contribution in [3.05, 3.63) is 35.1 Å². The molecule has 7 heteroatoms. The quantitative estimate of drug-likeness (QED) is 0.756. The summed E-state index contributed by atoms with van der Waals surface area (Å²) in [7, 11) is 0. The molecule has 2 rings (SSSR count). The van der Waals surface area contributed by atoms with Crippen molar-refractivity contribution in [2.75, 3.05) is 6.54 Å². The third-order valence-corrected chi connectivity index (χ3v) is 3.96. The highest BCUT2D eigenvalue weighted by molar-refractivity contribution is 5.87. The van der Waals surface area contributed by atoms with Crippen LogP contribution in [-0.4, -0.2) is 24.4 Å². The molecular formula is C16H23ClFN3O2. The number of benzene rings is 1. The molecule has 0 spiro atoms. The highest BCUT2D eigenvalue weighted by atomic mass is 35.5. The van der Waals surface area contributed by atoms with Crippen LogP contribution < -0.4 is 16.4 Å². The zero-order chi connectivity index (χ0) is 16.3. The summed E-state index contributed by atoms with van der Waals surface area (Å²) < 4.78 is 13.2. The number of hydrogen-bond acceptors (Lipinski definition) is 3. The maximum atomic E-state index is 13.2. The molecule has 0 aliphatic heterocycles. The van der Waals surface area contributed by atoms with Crippen LogP contribution in [0.1, 0.15) is 37.4 Å². The number of carbonyl (C=O) groups is 2. The molecule has 1 unspecified atom stereocenters. The number of amides is 2. The van der Waals surface area contributed by atoms with E-state index < -0.39 is 6.04 Å². The molecule has 0 radical (unpaired) electrons. The average molecular weight is 344 g/mol. The summed E-state index contributed by atoms with van der Waals surface area (Å²) in [6.07, 6.45) is 1.48. The molecule has 1 aliphatic rings. The molecule has 0 aromatic heterocycles. The standard InChI is InChI=1S/C16H22FN3O2.ClH/c1-9(2)15(18)16(22)19-8-14(21)20-13-6-3-10-7-11(17)4-5-12(10)13;/h4-5,7,9,13,15H,3,6,8,18H2,1-2H3,(H,19,22)(H,20,21);1H/t13?,15-;/m0./s1. The van der Waals surface area contributed by atoms with E-state index in [2.05, 4.69) is 10.6 Å². The number of carbonyl (C=O) groups excluding carboxylic acids is 2. The number of halogens is 2. The number of fused-ring (bicyclic) bond motifs is 1. The van der Waals surface area contributed by atoms with Gasteiger partial charge in [-0.3, -0.25) is 9.59 Å². The molecule has 1 aromatic carbocycles. The highest BCUT2D eigenvalue weighted by Gasteiger charge is 2.24. The topological polar surface area (TPSA) is 84.2 Å². The average Bonchev–Trinajstić information content (AvgIpc) is 2.85. The number of nitrogens with one attached hydrogen (secondary N) is 2. The minimum absolute atomic E-state index is 0. The molecule has 0 saturated heterocycles. The lowest BCUT2D eigenvalue weighted by molar-refractivity contribution is -0.127. The zero-order valence-electron chi connectivity index (χ0n) is 13.3. The summed E-state index contributed by atoms with van der Waals surface area (Å²) in [5, 5.41) is 5.40. The highest BCUT2D eigenvalue weighted by Crippen LogP contribution is 2.31. The second-order valence-corrected chi connectivity index (χ2v) is 5.99. The molecule has 5 nitrogen and oxygen atoms in total. The third-order valence-electron chi connectivity index (χ3n) is 3.96. The zero-order valence-corrected chi connectivity index (χ0v) is 14.1.